The lowest BCUT2D eigenvalue weighted by Gasteiger charge is -2.13. The molecule has 3 N–H and O–H groups in total. The Hall–Kier alpha value is -1.27. The highest BCUT2D eigenvalue weighted by atomic mass is 32.1. The molecule has 0 fully saturated rings. The molecule has 0 bridgehead atoms. The van der Waals surface area contributed by atoms with E-state index >= 15 is 0 Å². The Balaban J connectivity index is 2.59. The molecule has 0 aromatic carbocycles. The second-order valence-electron chi connectivity index (χ2n) is 3.46. The van der Waals surface area contributed by atoms with Gasteiger partial charge in [0.1, 0.15) is 10.7 Å². The van der Waals surface area contributed by atoms with Crippen LogP contribution < -0.4 is 11.1 Å². The highest BCUT2D eigenvalue weighted by Crippen LogP contribution is 2.04. The lowest BCUT2D eigenvalue weighted by molar-refractivity contribution is 0.191. The van der Waals surface area contributed by atoms with Crippen molar-refractivity contribution in [3.8, 4) is 0 Å². The average Bonchev–Trinajstić information content (AvgIpc) is 2.26. The van der Waals surface area contributed by atoms with Crippen LogP contribution in [0.2, 0.25) is 0 Å². The van der Waals surface area contributed by atoms with Crippen LogP contribution in [-0.4, -0.2) is 34.7 Å². The summed E-state index contributed by atoms with van der Waals surface area (Å²) in [7, 11) is 1.68. The zero-order chi connectivity index (χ0) is 12.0. The predicted molar refractivity (Wildman–Crippen MR) is 67.5 cm³/mol. The van der Waals surface area contributed by atoms with Gasteiger partial charge in [0.25, 0.3) is 0 Å². The van der Waals surface area contributed by atoms with Crippen molar-refractivity contribution in [2.45, 2.75) is 19.4 Å². The molecule has 1 unspecified atom stereocenters. The molecule has 16 heavy (non-hydrogen) atoms. The molecule has 0 saturated carbocycles. The first-order valence-corrected chi connectivity index (χ1v) is 5.42. The van der Waals surface area contributed by atoms with E-state index < -0.39 is 0 Å². The summed E-state index contributed by atoms with van der Waals surface area (Å²) in [5.74, 6) is 0.536. The molecule has 88 valence electrons. The third-order valence-electron chi connectivity index (χ3n) is 2.04. The monoisotopic (exact) mass is 240 g/mol. The summed E-state index contributed by atoms with van der Waals surface area (Å²) >= 11 is 4.84. The van der Waals surface area contributed by atoms with E-state index in [1.807, 2.05) is 6.92 Å². The van der Waals surface area contributed by atoms with Gasteiger partial charge in [-0.05, 0) is 19.4 Å². The Labute approximate surface area is 100 Å². The molecule has 0 radical (unpaired) electrons. The van der Waals surface area contributed by atoms with Gasteiger partial charge >= 0.3 is 0 Å². The third-order valence-corrected chi connectivity index (χ3v) is 2.25. The lowest BCUT2D eigenvalue weighted by Crippen LogP contribution is -2.20. The Morgan fingerprint density at radius 3 is 3.06 bits per heavy atom. The number of aromatic nitrogens is 2. The number of rotatable bonds is 6. The van der Waals surface area contributed by atoms with Gasteiger partial charge in [-0.1, -0.05) is 12.2 Å². The van der Waals surface area contributed by atoms with Crippen molar-refractivity contribution in [1.82, 2.24) is 9.97 Å². The summed E-state index contributed by atoms with van der Waals surface area (Å²) < 4.78 is 4.99. The topological polar surface area (TPSA) is 73.1 Å². The molecule has 5 nitrogen and oxygen atoms in total. The normalized spacial score (nSPS) is 12.1. The number of nitrogens with two attached hydrogens (primary N) is 1. The van der Waals surface area contributed by atoms with E-state index in [1.54, 1.807) is 19.4 Å². The molecule has 1 heterocycles. The number of hydrogen-bond donors (Lipinski definition) is 2. The SMILES string of the molecule is COCCC(C)Nc1nccc(C(N)=S)n1. The number of nitrogens with one attached hydrogen (secondary N) is 1. The molecule has 0 spiro atoms. The Morgan fingerprint density at radius 2 is 2.44 bits per heavy atom. The van der Waals surface area contributed by atoms with Crippen LogP contribution in [0.15, 0.2) is 12.3 Å². The van der Waals surface area contributed by atoms with Crippen LogP contribution >= 0.6 is 12.2 Å². The first-order chi connectivity index (χ1) is 7.63. The fourth-order valence-corrected chi connectivity index (χ4v) is 1.27. The van der Waals surface area contributed by atoms with Crippen LogP contribution in [0.3, 0.4) is 0 Å². The van der Waals surface area contributed by atoms with Crippen molar-refractivity contribution in [3.63, 3.8) is 0 Å². The number of ether oxygens (including phenoxy) is 1. The summed E-state index contributed by atoms with van der Waals surface area (Å²) in [6, 6.07) is 1.93. The Kier molecular flexibility index (Phi) is 5.07. The maximum absolute atomic E-state index is 5.49. The molecule has 0 aliphatic carbocycles. The molecule has 1 aromatic heterocycles. The number of hydrogen-bond acceptors (Lipinski definition) is 5. The molecule has 1 aromatic rings. The lowest BCUT2D eigenvalue weighted by atomic mass is 10.2. The predicted octanol–water partition coefficient (Wildman–Crippen LogP) is 0.948. The van der Waals surface area contributed by atoms with Gasteiger partial charge in [-0.25, -0.2) is 9.97 Å². The largest absolute Gasteiger partial charge is 0.388 e. The minimum atomic E-state index is 0.238. The highest BCUT2D eigenvalue weighted by Gasteiger charge is 2.05. The van der Waals surface area contributed by atoms with Crippen LogP contribution in [0.25, 0.3) is 0 Å². The fraction of sp³-hybridized carbons (Fsp3) is 0.500. The van der Waals surface area contributed by atoms with Crippen LogP contribution in [0, 0.1) is 0 Å². The van der Waals surface area contributed by atoms with E-state index in [4.69, 9.17) is 22.7 Å². The molecule has 1 rings (SSSR count). The average molecular weight is 240 g/mol. The van der Waals surface area contributed by atoms with Crippen molar-refractivity contribution in [1.29, 1.82) is 0 Å². The molecular formula is C10H16N4OS. The van der Waals surface area contributed by atoms with Crippen LogP contribution in [0.4, 0.5) is 5.95 Å². The Bertz CT molecular complexity index is 358. The number of nitrogens with zero attached hydrogens (tertiary/aromatic N) is 2. The Morgan fingerprint density at radius 1 is 1.69 bits per heavy atom. The second-order valence-corrected chi connectivity index (χ2v) is 3.90. The summed E-state index contributed by atoms with van der Waals surface area (Å²) in [4.78, 5) is 8.56. The van der Waals surface area contributed by atoms with Gasteiger partial charge in [0.15, 0.2) is 0 Å². The third kappa shape index (κ3) is 4.08. The molecule has 0 aliphatic heterocycles. The van der Waals surface area contributed by atoms with Crippen molar-refractivity contribution in [2.24, 2.45) is 5.73 Å². The van der Waals surface area contributed by atoms with Crippen molar-refractivity contribution in [3.05, 3.63) is 18.0 Å². The fourth-order valence-electron chi connectivity index (χ4n) is 1.15. The second kappa shape index (κ2) is 6.34. The van der Waals surface area contributed by atoms with Crippen molar-refractivity contribution >= 4 is 23.2 Å². The first kappa shape index (κ1) is 12.8. The standard InChI is InChI=1S/C10H16N4OS/c1-7(4-6-15-2)13-10-12-5-3-8(14-10)9(11)16/h3,5,7H,4,6H2,1-2H3,(H2,11,16)(H,12,13,14). The van der Waals surface area contributed by atoms with Gasteiger partial charge < -0.3 is 15.8 Å². The number of anilines is 1. The van der Waals surface area contributed by atoms with Gasteiger partial charge in [-0.2, -0.15) is 0 Å². The minimum absolute atomic E-state index is 0.238. The smallest absolute Gasteiger partial charge is 0.223 e. The van der Waals surface area contributed by atoms with Gasteiger partial charge in [0.05, 0.1) is 0 Å². The maximum Gasteiger partial charge on any atom is 0.223 e. The molecule has 1 atom stereocenters. The van der Waals surface area contributed by atoms with Crippen LogP contribution in [0.5, 0.6) is 0 Å². The van der Waals surface area contributed by atoms with E-state index in [1.165, 1.54) is 0 Å². The maximum atomic E-state index is 5.49. The van der Waals surface area contributed by atoms with Gasteiger partial charge in [-0.15, -0.1) is 0 Å². The van der Waals surface area contributed by atoms with Gasteiger partial charge in [0, 0.05) is 26.0 Å². The van der Waals surface area contributed by atoms with Crippen molar-refractivity contribution < 1.29 is 4.74 Å². The van der Waals surface area contributed by atoms with E-state index in [0.29, 0.717) is 18.2 Å². The quantitative estimate of drug-likeness (QED) is 0.721. The zero-order valence-corrected chi connectivity index (χ0v) is 10.3. The van der Waals surface area contributed by atoms with E-state index in [0.717, 1.165) is 6.42 Å². The van der Waals surface area contributed by atoms with Crippen LogP contribution in [0.1, 0.15) is 19.0 Å². The summed E-state index contributed by atoms with van der Waals surface area (Å²) in [5, 5.41) is 3.15. The number of thiocarbonyl (C=S) groups is 1. The van der Waals surface area contributed by atoms with E-state index in [-0.39, 0.29) is 11.0 Å². The first-order valence-electron chi connectivity index (χ1n) is 5.02. The van der Waals surface area contributed by atoms with Gasteiger partial charge in [-0.3, -0.25) is 0 Å². The highest BCUT2D eigenvalue weighted by molar-refractivity contribution is 7.80. The molecule has 6 heteroatoms. The molecule has 0 saturated heterocycles. The zero-order valence-electron chi connectivity index (χ0n) is 9.43. The molecule has 0 amide bonds. The summed E-state index contributed by atoms with van der Waals surface area (Å²) in [6.45, 7) is 2.74. The van der Waals surface area contributed by atoms with Crippen molar-refractivity contribution in [2.75, 3.05) is 19.0 Å². The summed E-state index contributed by atoms with van der Waals surface area (Å²) in [5.41, 5.74) is 6.06. The van der Waals surface area contributed by atoms with E-state index in [9.17, 15) is 0 Å². The number of methoxy groups -OCH3 is 1. The minimum Gasteiger partial charge on any atom is -0.388 e. The van der Waals surface area contributed by atoms with Crippen LogP contribution in [-0.2, 0) is 4.74 Å². The summed E-state index contributed by atoms with van der Waals surface area (Å²) in [6.07, 6.45) is 2.52. The molecule has 0 aliphatic rings. The van der Waals surface area contributed by atoms with Gasteiger partial charge in [0.2, 0.25) is 5.95 Å². The van der Waals surface area contributed by atoms with E-state index in [2.05, 4.69) is 15.3 Å². The molecular weight excluding hydrogens is 224 g/mol.